The third-order valence-corrected chi connectivity index (χ3v) is 12.1. The van der Waals surface area contributed by atoms with Crippen molar-refractivity contribution in [1.29, 1.82) is 0 Å². The third kappa shape index (κ3) is 3.34. The van der Waals surface area contributed by atoms with E-state index in [0.29, 0.717) is 28.1 Å². The van der Waals surface area contributed by atoms with E-state index in [1.54, 1.807) is 11.1 Å². The molecule has 1 nitrogen and oxygen atoms in total. The van der Waals surface area contributed by atoms with Crippen LogP contribution >= 0.6 is 0 Å². The van der Waals surface area contributed by atoms with Gasteiger partial charge in [-0.05, 0) is 104 Å². The highest BCUT2D eigenvalue weighted by molar-refractivity contribution is 5.39. The Bertz CT molecular complexity index is 786. The molecular weight excluding hydrogens is 388 g/mol. The molecule has 2 fully saturated rings. The molecular formula is C31H52O. The zero-order chi connectivity index (χ0) is 23.7. The molecule has 1 unspecified atom stereocenters. The zero-order valence-electron chi connectivity index (χ0n) is 22.6. The summed E-state index contributed by atoms with van der Waals surface area (Å²) in [6, 6.07) is 0. The summed E-state index contributed by atoms with van der Waals surface area (Å²) >= 11 is 0. The average Bonchev–Trinajstić information content (AvgIpc) is 3.00. The zero-order valence-corrected chi connectivity index (χ0v) is 22.6. The Balaban J connectivity index is 1.65. The summed E-state index contributed by atoms with van der Waals surface area (Å²) in [5, 5.41) is 11.4. The Kier molecular flexibility index (Phi) is 6.14. The van der Waals surface area contributed by atoms with E-state index in [4.69, 9.17) is 0 Å². The summed E-state index contributed by atoms with van der Waals surface area (Å²) in [6.45, 7) is 24.1. The predicted molar refractivity (Wildman–Crippen MR) is 137 cm³/mol. The van der Waals surface area contributed by atoms with Gasteiger partial charge in [-0.1, -0.05) is 78.7 Å². The van der Waals surface area contributed by atoms with Crippen LogP contribution in [0.3, 0.4) is 0 Å². The van der Waals surface area contributed by atoms with E-state index >= 15 is 0 Å². The highest BCUT2D eigenvalue weighted by Gasteiger charge is 2.63. The van der Waals surface area contributed by atoms with Crippen molar-refractivity contribution in [3.63, 3.8) is 0 Å². The van der Waals surface area contributed by atoms with Gasteiger partial charge >= 0.3 is 0 Å². The summed E-state index contributed by atoms with van der Waals surface area (Å²) in [5.41, 5.74) is 6.00. The van der Waals surface area contributed by atoms with Crippen LogP contribution in [0.5, 0.6) is 0 Å². The maximum atomic E-state index is 11.4. The molecule has 0 amide bonds. The molecule has 0 radical (unpaired) electrons. The van der Waals surface area contributed by atoms with Crippen LogP contribution in [0.4, 0.5) is 0 Å². The maximum Gasteiger partial charge on any atom is 0.0634 e. The summed E-state index contributed by atoms with van der Waals surface area (Å²) in [7, 11) is 0. The maximum absolute atomic E-state index is 11.4. The first-order valence-corrected chi connectivity index (χ1v) is 13.9. The highest BCUT2D eigenvalue weighted by atomic mass is 16.3. The lowest BCUT2D eigenvalue weighted by molar-refractivity contribution is -0.0966. The molecule has 2 saturated carbocycles. The highest BCUT2D eigenvalue weighted by Crippen LogP contribution is 2.72. The molecule has 0 aromatic rings. The van der Waals surface area contributed by atoms with Crippen molar-refractivity contribution in [2.75, 3.05) is 0 Å². The number of aliphatic hydroxyl groups is 1. The number of rotatable bonds is 5. The minimum atomic E-state index is -0.156. The second kappa shape index (κ2) is 8.00. The summed E-state index contributed by atoms with van der Waals surface area (Å²) in [4.78, 5) is 0. The predicted octanol–water partition coefficient (Wildman–Crippen LogP) is 8.73. The van der Waals surface area contributed by atoms with Gasteiger partial charge in [0.2, 0.25) is 0 Å². The van der Waals surface area contributed by atoms with Crippen molar-refractivity contribution in [1.82, 2.24) is 0 Å². The SMILES string of the molecule is C=C(CC[C@@H](C)[C@H]1CC[C@@]2(C)C3=C(CC[C@]12C)[C@@]1(C)C(O)CCC(C)(C)[C@@H]1CC3)C(C)C. The lowest BCUT2D eigenvalue weighted by Crippen LogP contribution is -2.56. The smallest absolute Gasteiger partial charge is 0.0634 e. The van der Waals surface area contributed by atoms with Crippen molar-refractivity contribution in [2.24, 2.45) is 45.3 Å². The second-order valence-corrected chi connectivity index (χ2v) is 14.1. The normalized spacial score (nSPS) is 44.1. The van der Waals surface area contributed by atoms with Gasteiger partial charge in [0, 0.05) is 5.41 Å². The van der Waals surface area contributed by atoms with Crippen LogP contribution in [0.2, 0.25) is 0 Å². The standard InChI is InChI=1S/C31H52O/c1-20(2)21(3)10-11-22(4)23-14-18-30(8)24-12-13-26-28(5,6)17-16-27(32)31(26,9)25(24)15-19-29(23,30)7/h20,22-23,26-27,32H,3,10-19H2,1-2,4-9H3/t22-,23-,26+,27?,29-,30+,31-/m1/s1. The number of aliphatic hydroxyl groups excluding tert-OH is 1. The number of allylic oxidation sites excluding steroid dienone is 2. The summed E-state index contributed by atoms with van der Waals surface area (Å²) < 4.78 is 0. The van der Waals surface area contributed by atoms with E-state index in [1.807, 2.05) is 0 Å². The first-order valence-electron chi connectivity index (χ1n) is 13.9. The Morgan fingerprint density at radius 2 is 1.62 bits per heavy atom. The molecule has 4 aliphatic carbocycles. The van der Waals surface area contributed by atoms with E-state index < -0.39 is 0 Å². The molecule has 32 heavy (non-hydrogen) atoms. The molecule has 1 N–H and O–H groups in total. The molecule has 4 rings (SSSR count). The fraction of sp³-hybridized carbons (Fsp3) is 0.871. The van der Waals surface area contributed by atoms with Crippen molar-refractivity contribution in [2.45, 2.75) is 126 Å². The van der Waals surface area contributed by atoms with Crippen LogP contribution < -0.4 is 0 Å². The van der Waals surface area contributed by atoms with E-state index in [1.165, 1.54) is 63.4 Å². The van der Waals surface area contributed by atoms with Crippen LogP contribution in [0.1, 0.15) is 120 Å². The summed E-state index contributed by atoms with van der Waals surface area (Å²) in [5.74, 6) is 2.82. The van der Waals surface area contributed by atoms with Crippen LogP contribution in [-0.4, -0.2) is 11.2 Å². The van der Waals surface area contributed by atoms with Gasteiger partial charge in [0.15, 0.2) is 0 Å². The van der Waals surface area contributed by atoms with Crippen molar-refractivity contribution in [3.05, 3.63) is 23.3 Å². The first-order chi connectivity index (χ1) is 14.8. The first kappa shape index (κ1) is 24.6. The van der Waals surface area contributed by atoms with Crippen LogP contribution in [0, 0.1) is 45.3 Å². The monoisotopic (exact) mass is 440 g/mol. The minimum absolute atomic E-state index is 0.00161. The molecule has 0 saturated heterocycles. The van der Waals surface area contributed by atoms with E-state index in [2.05, 4.69) is 62.0 Å². The number of hydrogen-bond acceptors (Lipinski definition) is 1. The van der Waals surface area contributed by atoms with E-state index in [-0.39, 0.29) is 11.5 Å². The van der Waals surface area contributed by atoms with Gasteiger partial charge in [0.1, 0.15) is 0 Å². The molecule has 182 valence electrons. The van der Waals surface area contributed by atoms with Gasteiger partial charge < -0.3 is 5.11 Å². The lowest BCUT2D eigenvalue weighted by Gasteiger charge is -2.62. The van der Waals surface area contributed by atoms with Gasteiger partial charge in [0.05, 0.1) is 6.10 Å². The Morgan fingerprint density at radius 3 is 2.28 bits per heavy atom. The Morgan fingerprint density at radius 1 is 0.938 bits per heavy atom. The van der Waals surface area contributed by atoms with Gasteiger partial charge in [-0.25, -0.2) is 0 Å². The molecule has 0 aliphatic heterocycles. The van der Waals surface area contributed by atoms with Gasteiger partial charge in [-0.3, -0.25) is 0 Å². The molecule has 4 aliphatic rings. The van der Waals surface area contributed by atoms with Crippen molar-refractivity contribution < 1.29 is 5.11 Å². The molecule has 7 atom stereocenters. The largest absolute Gasteiger partial charge is 0.392 e. The Labute approximate surface area is 199 Å². The topological polar surface area (TPSA) is 20.2 Å². The van der Waals surface area contributed by atoms with Crippen LogP contribution in [-0.2, 0) is 0 Å². The van der Waals surface area contributed by atoms with E-state index in [9.17, 15) is 5.11 Å². The molecule has 0 aromatic carbocycles. The molecule has 0 spiro atoms. The second-order valence-electron chi connectivity index (χ2n) is 14.1. The van der Waals surface area contributed by atoms with Gasteiger partial charge in [-0.2, -0.15) is 0 Å². The number of fused-ring (bicyclic) bond motifs is 4. The average molecular weight is 441 g/mol. The van der Waals surface area contributed by atoms with Crippen molar-refractivity contribution in [3.8, 4) is 0 Å². The fourth-order valence-electron chi connectivity index (χ4n) is 9.54. The lowest BCUT2D eigenvalue weighted by atomic mass is 9.43. The molecule has 1 heteroatoms. The van der Waals surface area contributed by atoms with Crippen LogP contribution in [0.25, 0.3) is 0 Å². The fourth-order valence-corrected chi connectivity index (χ4v) is 9.54. The van der Waals surface area contributed by atoms with Gasteiger partial charge in [0.25, 0.3) is 0 Å². The van der Waals surface area contributed by atoms with E-state index in [0.717, 1.165) is 18.3 Å². The molecule has 0 aromatic heterocycles. The Hall–Kier alpha value is -0.560. The molecule has 0 heterocycles. The third-order valence-electron chi connectivity index (χ3n) is 12.1. The van der Waals surface area contributed by atoms with Crippen LogP contribution in [0.15, 0.2) is 23.3 Å². The summed E-state index contributed by atoms with van der Waals surface area (Å²) in [6.07, 6.45) is 12.3. The quantitative estimate of drug-likeness (QED) is 0.424. The van der Waals surface area contributed by atoms with Gasteiger partial charge in [-0.15, -0.1) is 0 Å². The minimum Gasteiger partial charge on any atom is -0.392 e. The molecule has 0 bridgehead atoms. The number of hydrogen-bond donors (Lipinski definition) is 1. The van der Waals surface area contributed by atoms with Crippen molar-refractivity contribution >= 4 is 0 Å².